The molecule has 4 rings (SSSR count). The van der Waals surface area contributed by atoms with Gasteiger partial charge in [0, 0.05) is 16.0 Å². The second-order valence-electron chi connectivity index (χ2n) is 6.41. The van der Waals surface area contributed by atoms with E-state index in [0.29, 0.717) is 11.3 Å². The van der Waals surface area contributed by atoms with Gasteiger partial charge in [0.1, 0.15) is 6.61 Å². The molecule has 1 aliphatic rings. The molecule has 1 amide bonds. The van der Waals surface area contributed by atoms with Crippen molar-refractivity contribution in [3.05, 3.63) is 87.9 Å². The lowest BCUT2D eigenvalue weighted by atomic mass is 9.98. The summed E-state index contributed by atoms with van der Waals surface area (Å²) in [5.41, 5.74) is 5.89. The monoisotopic (exact) mass is 423 g/mol. The third-order valence-corrected chi connectivity index (χ3v) is 5.32. The summed E-state index contributed by atoms with van der Waals surface area (Å²) in [4.78, 5) is 12.3. The fraction of sp³-hybridized carbons (Fsp3) is 0.136. The zero-order valence-corrected chi connectivity index (χ0v) is 16.1. The zero-order chi connectivity index (χ0) is 18.8. The van der Waals surface area contributed by atoms with Gasteiger partial charge in [0.2, 0.25) is 0 Å². The molecule has 0 saturated carbocycles. The Morgan fingerprint density at radius 2 is 1.63 bits per heavy atom. The van der Waals surface area contributed by atoms with E-state index in [-0.39, 0.29) is 19.1 Å². The van der Waals surface area contributed by atoms with Crippen LogP contribution in [0.5, 0.6) is 0 Å². The molecule has 0 fully saturated rings. The number of ether oxygens (including phenoxy) is 1. The predicted octanol–water partition coefficient (Wildman–Crippen LogP) is 5.30. The predicted molar refractivity (Wildman–Crippen MR) is 109 cm³/mol. The van der Waals surface area contributed by atoms with Gasteiger partial charge in [0.05, 0.1) is 12.3 Å². The first-order valence-electron chi connectivity index (χ1n) is 8.68. The molecule has 0 heterocycles. The smallest absolute Gasteiger partial charge is 0.411 e. The van der Waals surface area contributed by atoms with Crippen molar-refractivity contribution in [2.24, 2.45) is 0 Å². The molecule has 2 N–H and O–H groups in total. The van der Waals surface area contributed by atoms with Crippen molar-refractivity contribution in [3.8, 4) is 11.1 Å². The SMILES string of the molecule is O=C(Nc1cc(Br)ccc1CO)OCC1c2ccccc2-c2ccccc21. The van der Waals surface area contributed by atoms with Crippen LogP contribution in [-0.2, 0) is 11.3 Å². The molecule has 0 aromatic heterocycles. The summed E-state index contributed by atoms with van der Waals surface area (Å²) in [5, 5.41) is 12.2. The van der Waals surface area contributed by atoms with Crippen molar-refractivity contribution in [3.63, 3.8) is 0 Å². The molecule has 0 unspecified atom stereocenters. The highest BCUT2D eigenvalue weighted by molar-refractivity contribution is 9.10. The van der Waals surface area contributed by atoms with Crippen LogP contribution in [0.15, 0.2) is 71.2 Å². The summed E-state index contributed by atoms with van der Waals surface area (Å²) in [5.74, 6) is 0.0166. The summed E-state index contributed by atoms with van der Waals surface area (Å²) in [6.45, 7) is 0.0919. The maximum Gasteiger partial charge on any atom is 0.411 e. The quantitative estimate of drug-likeness (QED) is 0.598. The van der Waals surface area contributed by atoms with Gasteiger partial charge in [-0.15, -0.1) is 0 Å². The molecule has 5 heteroatoms. The maximum atomic E-state index is 12.3. The second kappa shape index (κ2) is 7.55. The number of rotatable bonds is 4. The highest BCUT2D eigenvalue weighted by Gasteiger charge is 2.29. The Hall–Kier alpha value is -2.63. The van der Waals surface area contributed by atoms with Gasteiger partial charge < -0.3 is 9.84 Å². The molecule has 0 aliphatic heterocycles. The molecular weight excluding hydrogens is 406 g/mol. The van der Waals surface area contributed by atoms with Crippen LogP contribution in [0, 0.1) is 0 Å². The molecule has 1 aliphatic carbocycles. The number of halogens is 1. The van der Waals surface area contributed by atoms with Crippen LogP contribution >= 0.6 is 15.9 Å². The normalized spacial score (nSPS) is 12.4. The third kappa shape index (κ3) is 3.48. The molecule has 3 aromatic carbocycles. The third-order valence-electron chi connectivity index (χ3n) is 4.82. The van der Waals surface area contributed by atoms with E-state index in [1.54, 1.807) is 12.1 Å². The first kappa shape index (κ1) is 17.8. The van der Waals surface area contributed by atoms with Crippen molar-refractivity contribution in [2.45, 2.75) is 12.5 Å². The topological polar surface area (TPSA) is 58.6 Å². The Morgan fingerprint density at radius 1 is 1.00 bits per heavy atom. The highest BCUT2D eigenvalue weighted by atomic mass is 79.9. The number of hydrogen-bond acceptors (Lipinski definition) is 3. The number of fused-ring (bicyclic) bond motifs is 3. The van der Waals surface area contributed by atoms with Crippen LogP contribution in [0.1, 0.15) is 22.6 Å². The summed E-state index contributed by atoms with van der Waals surface area (Å²) in [6, 6.07) is 21.7. The molecule has 0 spiro atoms. The van der Waals surface area contributed by atoms with Gasteiger partial charge in [-0.25, -0.2) is 4.79 Å². The summed E-state index contributed by atoms with van der Waals surface area (Å²) in [7, 11) is 0. The average molecular weight is 424 g/mol. The number of aliphatic hydroxyl groups excluding tert-OH is 1. The Kier molecular flexibility index (Phi) is 4.97. The number of anilines is 1. The van der Waals surface area contributed by atoms with E-state index >= 15 is 0 Å². The fourth-order valence-electron chi connectivity index (χ4n) is 3.55. The first-order valence-corrected chi connectivity index (χ1v) is 9.48. The van der Waals surface area contributed by atoms with Gasteiger partial charge in [-0.1, -0.05) is 70.5 Å². The standard InChI is InChI=1S/C22H18BrNO3/c23-15-10-9-14(12-25)21(11-15)24-22(26)27-13-20-18-7-3-1-5-16(18)17-6-2-4-8-19(17)20/h1-11,20,25H,12-13H2,(H,24,26). The zero-order valence-electron chi connectivity index (χ0n) is 14.5. The lowest BCUT2D eigenvalue weighted by Crippen LogP contribution is -2.18. The van der Waals surface area contributed by atoms with E-state index in [1.807, 2.05) is 30.3 Å². The highest BCUT2D eigenvalue weighted by Crippen LogP contribution is 2.44. The average Bonchev–Trinajstić information content (AvgIpc) is 3.00. The van der Waals surface area contributed by atoms with Gasteiger partial charge in [-0.2, -0.15) is 0 Å². The number of carbonyl (C=O) groups excluding carboxylic acids is 1. The lowest BCUT2D eigenvalue weighted by Gasteiger charge is -2.15. The van der Waals surface area contributed by atoms with Crippen LogP contribution < -0.4 is 5.32 Å². The minimum absolute atomic E-state index is 0.0166. The molecule has 0 radical (unpaired) electrons. The minimum atomic E-state index is -0.537. The Balaban J connectivity index is 1.51. The molecule has 0 saturated heterocycles. The summed E-state index contributed by atoms with van der Waals surface area (Å²) >= 11 is 3.37. The number of amides is 1. The van der Waals surface area contributed by atoms with Gasteiger partial charge in [0.25, 0.3) is 0 Å². The maximum absolute atomic E-state index is 12.3. The molecule has 0 atom stereocenters. The van der Waals surface area contributed by atoms with Crippen LogP contribution in [0.2, 0.25) is 0 Å². The second-order valence-corrected chi connectivity index (χ2v) is 7.33. The van der Waals surface area contributed by atoms with Crippen molar-refractivity contribution in [1.29, 1.82) is 0 Å². The number of nitrogens with one attached hydrogen (secondary N) is 1. The van der Waals surface area contributed by atoms with E-state index in [1.165, 1.54) is 22.3 Å². The van der Waals surface area contributed by atoms with Gasteiger partial charge in [-0.05, 0) is 34.4 Å². The van der Waals surface area contributed by atoms with Crippen LogP contribution in [0.4, 0.5) is 10.5 Å². The Bertz CT molecular complexity index is 957. The summed E-state index contributed by atoms with van der Waals surface area (Å²) < 4.78 is 6.35. The van der Waals surface area contributed by atoms with E-state index in [4.69, 9.17) is 4.74 Å². The van der Waals surface area contributed by atoms with E-state index in [9.17, 15) is 9.90 Å². The van der Waals surface area contributed by atoms with Crippen molar-refractivity contribution >= 4 is 27.7 Å². The van der Waals surface area contributed by atoms with Gasteiger partial charge in [0.15, 0.2) is 0 Å². The Labute approximate surface area is 165 Å². The van der Waals surface area contributed by atoms with Gasteiger partial charge >= 0.3 is 6.09 Å². The van der Waals surface area contributed by atoms with Crippen molar-refractivity contribution < 1.29 is 14.6 Å². The molecular formula is C22H18BrNO3. The molecule has 136 valence electrons. The van der Waals surface area contributed by atoms with Gasteiger partial charge in [-0.3, -0.25) is 5.32 Å². The molecule has 4 nitrogen and oxygen atoms in total. The van der Waals surface area contributed by atoms with Crippen molar-refractivity contribution in [2.75, 3.05) is 11.9 Å². The first-order chi connectivity index (χ1) is 13.2. The van der Waals surface area contributed by atoms with E-state index in [2.05, 4.69) is 45.5 Å². The van der Waals surface area contributed by atoms with Crippen LogP contribution in [-0.4, -0.2) is 17.8 Å². The fourth-order valence-corrected chi connectivity index (χ4v) is 3.91. The van der Waals surface area contributed by atoms with E-state index in [0.717, 1.165) is 4.47 Å². The Morgan fingerprint density at radius 3 is 2.26 bits per heavy atom. The van der Waals surface area contributed by atoms with Crippen LogP contribution in [0.25, 0.3) is 11.1 Å². The number of hydrogen-bond donors (Lipinski definition) is 2. The lowest BCUT2D eigenvalue weighted by molar-refractivity contribution is 0.158. The number of aliphatic hydroxyl groups is 1. The summed E-state index contributed by atoms with van der Waals surface area (Å²) in [6.07, 6.45) is -0.537. The minimum Gasteiger partial charge on any atom is -0.448 e. The molecule has 3 aromatic rings. The number of carbonyl (C=O) groups is 1. The van der Waals surface area contributed by atoms with Crippen molar-refractivity contribution in [1.82, 2.24) is 0 Å². The van der Waals surface area contributed by atoms with Crippen LogP contribution in [0.3, 0.4) is 0 Å². The van der Waals surface area contributed by atoms with E-state index < -0.39 is 6.09 Å². The number of benzene rings is 3. The molecule has 27 heavy (non-hydrogen) atoms. The largest absolute Gasteiger partial charge is 0.448 e. The molecule has 0 bridgehead atoms.